The lowest BCUT2D eigenvalue weighted by Crippen LogP contribution is -2.21. The highest BCUT2D eigenvalue weighted by Crippen LogP contribution is 2.09. The number of alkyl halides is 1. The monoisotopic (exact) mass is 281 g/mol. The van der Waals surface area contributed by atoms with E-state index < -0.39 is 0 Å². The van der Waals surface area contributed by atoms with Crippen molar-refractivity contribution in [3.63, 3.8) is 0 Å². The molecule has 1 rings (SSSR count). The van der Waals surface area contributed by atoms with Crippen molar-refractivity contribution in [3.05, 3.63) is 41.5 Å². The van der Waals surface area contributed by atoms with Crippen molar-refractivity contribution in [1.82, 2.24) is 4.90 Å². The SMILES string of the molecule is CN(C)C(=O)c1cccc(C=CCCBr)c1. The summed E-state index contributed by atoms with van der Waals surface area (Å²) in [5, 5.41) is 0.958. The number of hydrogen-bond donors (Lipinski definition) is 0. The lowest BCUT2D eigenvalue weighted by molar-refractivity contribution is 0.0827. The Bertz CT molecular complexity index is 385. The molecule has 0 unspecified atom stereocenters. The Balaban J connectivity index is 2.83. The molecule has 1 aromatic carbocycles. The van der Waals surface area contributed by atoms with Gasteiger partial charge in [-0.15, -0.1) is 0 Å². The molecule has 0 atom stereocenters. The number of hydrogen-bond acceptors (Lipinski definition) is 1. The summed E-state index contributed by atoms with van der Waals surface area (Å²) in [6, 6.07) is 7.65. The van der Waals surface area contributed by atoms with E-state index >= 15 is 0 Å². The fraction of sp³-hybridized carbons (Fsp3) is 0.308. The van der Waals surface area contributed by atoms with Crippen LogP contribution in [0.2, 0.25) is 0 Å². The van der Waals surface area contributed by atoms with Crippen LogP contribution in [-0.4, -0.2) is 30.2 Å². The number of amides is 1. The van der Waals surface area contributed by atoms with Crippen LogP contribution in [0.1, 0.15) is 22.3 Å². The van der Waals surface area contributed by atoms with Crippen LogP contribution in [0.25, 0.3) is 6.08 Å². The Morgan fingerprint density at radius 1 is 1.44 bits per heavy atom. The maximum Gasteiger partial charge on any atom is 0.253 e. The third-order valence-corrected chi connectivity index (χ3v) is 2.58. The van der Waals surface area contributed by atoms with E-state index in [2.05, 4.69) is 22.0 Å². The van der Waals surface area contributed by atoms with Crippen LogP contribution >= 0.6 is 15.9 Å². The minimum absolute atomic E-state index is 0.0377. The molecule has 0 fully saturated rings. The molecule has 2 nitrogen and oxygen atoms in total. The van der Waals surface area contributed by atoms with Crippen molar-refractivity contribution in [1.29, 1.82) is 0 Å². The predicted molar refractivity (Wildman–Crippen MR) is 71.9 cm³/mol. The summed E-state index contributed by atoms with van der Waals surface area (Å²) in [7, 11) is 3.52. The van der Waals surface area contributed by atoms with Crippen molar-refractivity contribution < 1.29 is 4.79 Å². The summed E-state index contributed by atoms with van der Waals surface area (Å²) in [4.78, 5) is 13.3. The van der Waals surface area contributed by atoms with Crippen LogP contribution in [-0.2, 0) is 0 Å². The Labute approximate surface area is 105 Å². The van der Waals surface area contributed by atoms with E-state index in [1.807, 2.05) is 30.3 Å². The summed E-state index contributed by atoms with van der Waals surface area (Å²) in [6.07, 6.45) is 5.12. The van der Waals surface area contributed by atoms with Gasteiger partial charge in [0, 0.05) is 25.0 Å². The van der Waals surface area contributed by atoms with E-state index in [-0.39, 0.29) is 5.91 Å². The smallest absolute Gasteiger partial charge is 0.253 e. The molecule has 1 amide bonds. The average molecular weight is 282 g/mol. The minimum atomic E-state index is 0.0377. The molecule has 16 heavy (non-hydrogen) atoms. The molecule has 0 saturated heterocycles. The van der Waals surface area contributed by atoms with Gasteiger partial charge in [-0.25, -0.2) is 0 Å². The lowest BCUT2D eigenvalue weighted by atomic mass is 10.1. The highest BCUT2D eigenvalue weighted by atomic mass is 79.9. The second kappa shape index (κ2) is 6.48. The first-order valence-electron chi connectivity index (χ1n) is 5.19. The van der Waals surface area contributed by atoms with E-state index in [4.69, 9.17) is 0 Å². The van der Waals surface area contributed by atoms with E-state index in [1.165, 1.54) is 0 Å². The Morgan fingerprint density at radius 2 is 2.19 bits per heavy atom. The normalized spacial score (nSPS) is 10.7. The number of allylic oxidation sites excluding steroid dienone is 1. The van der Waals surface area contributed by atoms with Gasteiger partial charge in [0.05, 0.1) is 0 Å². The largest absolute Gasteiger partial charge is 0.345 e. The molecular formula is C13H16BrNO. The molecule has 0 bridgehead atoms. The third-order valence-electron chi connectivity index (χ3n) is 2.13. The molecule has 1 aromatic rings. The molecule has 86 valence electrons. The van der Waals surface area contributed by atoms with Gasteiger partial charge in [0.1, 0.15) is 0 Å². The highest BCUT2D eigenvalue weighted by Gasteiger charge is 2.06. The lowest BCUT2D eigenvalue weighted by Gasteiger charge is -2.10. The van der Waals surface area contributed by atoms with Gasteiger partial charge >= 0.3 is 0 Å². The van der Waals surface area contributed by atoms with E-state index in [0.29, 0.717) is 0 Å². The van der Waals surface area contributed by atoms with Crippen molar-refractivity contribution in [2.45, 2.75) is 6.42 Å². The second-order valence-electron chi connectivity index (χ2n) is 3.71. The topological polar surface area (TPSA) is 20.3 Å². The van der Waals surface area contributed by atoms with Crippen molar-refractivity contribution >= 4 is 27.9 Å². The summed E-state index contributed by atoms with van der Waals surface area (Å²) in [5.41, 5.74) is 1.79. The Morgan fingerprint density at radius 3 is 2.81 bits per heavy atom. The number of benzene rings is 1. The highest BCUT2D eigenvalue weighted by molar-refractivity contribution is 9.09. The minimum Gasteiger partial charge on any atom is -0.345 e. The molecular weight excluding hydrogens is 266 g/mol. The van der Waals surface area contributed by atoms with Crippen LogP contribution in [0, 0.1) is 0 Å². The van der Waals surface area contributed by atoms with Gasteiger partial charge in [-0.05, 0) is 24.1 Å². The number of halogens is 1. The molecule has 3 heteroatoms. The molecule has 0 N–H and O–H groups in total. The number of carbonyl (C=O) groups is 1. The third kappa shape index (κ3) is 3.81. The van der Waals surface area contributed by atoms with Crippen molar-refractivity contribution in [3.8, 4) is 0 Å². The summed E-state index contributed by atoms with van der Waals surface area (Å²) in [5.74, 6) is 0.0377. The van der Waals surface area contributed by atoms with Gasteiger partial charge in [-0.3, -0.25) is 4.79 Å². The zero-order chi connectivity index (χ0) is 12.0. The van der Waals surface area contributed by atoms with E-state index in [9.17, 15) is 4.79 Å². The van der Waals surface area contributed by atoms with Gasteiger partial charge in [0.15, 0.2) is 0 Å². The molecule has 0 aromatic heterocycles. The Hall–Kier alpha value is -1.09. The Kier molecular flexibility index (Phi) is 5.26. The molecule has 0 saturated carbocycles. The number of carbonyl (C=O) groups excluding carboxylic acids is 1. The van der Waals surface area contributed by atoms with Gasteiger partial charge in [-0.2, -0.15) is 0 Å². The van der Waals surface area contributed by atoms with Crippen LogP contribution in [0.3, 0.4) is 0 Å². The zero-order valence-electron chi connectivity index (χ0n) is 9.61. The fourth-order valence-corrected chi connectivity index (χ4v) is 1.58. The standard InChI is InChI=1S/C13H16BrNO/c1-15(2)13(16)12-8-5-7-11(10-12)6-3-4-9-14/h3,5-8,10H,4,9H2,1-2H3. The summed E-state index contributed by atoms with van der Waals surface area (Å²) in [6.45, 7) is 0. The average Bonchev–Trinajstić information content (AvgIpc) is 2.29. The van der Waals surface area contributed by atoms with E-state index in [1.54, 1.807) is 19.0 Å². The maximum absolute atomic E-state index is 11.7. The van der Waals surface area contributed by atoms with Gasteiger partial charge in [0.2, 0.25) is 0 Å². The first kappa shape index (κ1) is 13.0. The molecule has 0 aliphatic rings. The van der Waals surface area contributed by atoms with Crippen LogP contribution in [0.5, 0.6) is 0 Å². The first-order valence-corrected chi connectivity index (χ1v) is 6.31. The zero-order valence-corrected chi connectivity index (χ0v) is 11.2. The number of rotatable bonds is 4. The molecule has 0 aliphatic carbocycles. The van der Waals surface area contributed by atoms with Crippen molar-refractivity contribution in [2.75, 3.05) is 19.4 Å². The van der Waals surface area contributed by atoms with Crippen LogP contribution < -0.4 is 0 Å². The fourth-order valence-electron chi connectivity index (χ4n) is 1.32. The van der Waals surface area contributed by atoms with E-state index in [0.717, 1.165) is 22.9 Å². The number of nitrogens with zero attached hydrogens (tertiary/aromatic N) is 1. The maximum atomic E-state index is 11.7. The first-order chi connectivity index (χ1) is 7.65. The van der Waals surface area contributed by atoms with Gasteiger partial charge < -0.3 is 4.90 Å². The summed E-state index contributed by atoms with van der Waals surface area (Å²) >= 11 is 3.37. The van der Waals surface area contributed by atoms with Crippen molar-refractivity contribution in [2.24, 2.45) is 0 Å². The quantitative estimate of drug-likeness (QED) is 0.777. The molecule has 0 heterocycles. The predicted octanol–water partition coefficient (Wildman–Crippen LogP) is 3.19. The van der Waals surface area contributed by atoms with Crippen LogP contribution in [0.15, 0.2) is 30.3 Å². The second-order valence-corrected chi connectivity index (χ2v) is 4.50. The van der Waals surface area contributed by atoms with Crippen LogP contribution in [0.4, 0.5) is 0 Å². The summed E-state index contributed by atoms with van der Waals surface area (Å²) < 4.78 is 0. The molecule has 0 aliphatic heterocycles. The molecule has 0 spiro atoms. The van der Waals surface area contributed by atoms with Gasteiger partial charge in [0.25, 0.3) is 5.91 Å². The van der Waals surface area contributed by atoms with Gasteiger partial charge in [-0.1, -0.05) is 40.2 Å². The molecule has 0 radical (unpaired) electrons.